The fourth-order valence-corrected chi connectivity index (χ4v) is 3.22. The summed E-state index contributed by atoms with van der Waals surface area (Å²) >= 11 is 5.58. The molecule has 19 heavy (non-hydrogen) atoms. The Labute approximate surface area is 134 Å². The van der Waals surface area contributed by atoms with Gasteiger partial charge in [-0.05, 0) is 81.3 Å². The first-order valence-corrected chi connectivity index (χ1v) is 7.84. The molecule has 0 aliphatic heterocycles. The Kier molecular flexibility index (Phi) is 5.36. The van der Waals surface area contributed by atoms with Gasteiger partial charge in [0.15, 0.2) is 0 Å². The zero-order valence-electron chi connectivity index (χ0n) is 10.5. The van der Waals surface area contributed by atoms with Gasteiger partial charge >= 0.3 is 0 Å². The van der Waals surface area contributed by atoms with Gasteiger partial charge in [-0.25, -0.2) is 4.39 Å². The highest BCUT2D eigenvalue weighted by Gasteiger charge is 2.13. The highest BCUT2D eigenvalue weighted by Crippen LogP contribution is 2.25. The zero-order valence-corrected chi connectivity index (χ0v) is 14.2. The summed E-state index contributed by atoms with van der Waals surface area (Å²) in [6.45, 7) is 0. The van der Waals surface area contributed by atoms with E-state index in [-0.39, 0.29) is 11.9 Å². The number of likely N-dealkylation sites (N-methyl/N-ethyl adjacent to an activating group) is 1. The maximum absolute atomic E-state index is 13.2. The molecule has 100 valence electrons. The Morgan fingerprint density at radius 3 is 2.63 bits per heavy atom. The van der Waals surface area contributed by atoms with Gasteiger partial charge < -0.3 is 5.32 Å². The summed E-state index contributed by atoms with van der Waals surface area (Å²) in [5.74, 6) is -0.223. The Bertz CT molecular complexity index is 574. The topological polar surface area (TPSA) is 12.0 Å². The van der Waals surface area contributed by atoms with Crippen molar-refractivity contribution in [1.29, 1.82) is 0 Å². The van der Waals surface area contributed by atoms with Crippen LogP contribution >= 0.6 is 38.5 Å². The van der Waals surface area contributed by atoms with Gasteiger partial charge in [-0.3, -0.25) is 0 Å². The molecule has 2 rings (SSSR count). The number of benzene rings is 2. The van der Waals surface area contributed by atoms with Crippen molar-refractivity contribution >= 4 is 38.5 Å². The fourth-order valence-electron chi connectivity index (χ4n) is 2.03. The predicted octanol–water partition coefficient (Wildman–Crippen LogP) is 4.70. The van der Waals surface area contributed by atoms with Crippen molar-refractivity contribution in [3.05, 3.63) is 67.5 Å². The quantitative estimate of drug-likeness (QED) is 0.689. The first-order valence-electron chi connectivity index (χ1n) is 5.97. The molecule has 0 saturated carbocycles. The zero-order chi connectivity index (χ0) is 13.8. The number of hydrogen-bond acceptors (Lipinski definition) is 1. The minimum Gasteiger partial charge on any atom is -0.313 e. The van der Waals surface area contributed by atoms with Gasteiger partial charge in [-0.15, -0.1) is 0 Å². The monoisotopic (exact) mass is 433 g/mol. The Hall–Kier alpha value is -0.460. The Morgan fingerprint density at radius 2 is 2.00 bits per heavy atom. The van der Waals surface area contributed by atoms with E-state index in [0.717, 1.165) is 12.0 Å². The first kappa shape index (κ1) is 14.9. The molecule has 0 fully saturated rings. The summed E-state index contributed by atoms with van der Waals surface area (Å²) in [5, 5.41) is 3.33. The van der Waals surface area contributed by atoms with Crippen molar-refractivity contribution < 1.29 is 4.39 Å². The highest BCUT2D eigenvalue weighted by molar-refractivity contribution is 14.1. The van der Waals surface area contributed by atoms with Crippen molar-refractivity contribution in [3.8, 4) is 0 Å². The second-order valence-corrected chi connectivity index (χ2v) is 6.33. The summed E-state index contributed by atoms with van der Waals surface area (Å²) in [5.41, 5.74) is 2.37. The standard InChI is InChI=1S/C15H14BrFIN/c1-19-15(11-4-2-3-5-14(11)18)9-10-6-7-13(17)12(16)8-10/h2-8,15,19H,9H2,1H3. The third-order valence-electron chi connectivity index (χ3n) is 3.05. The summed E-state index contributed by atoms with van der Waals surface area (Å²) < 4.78 is 15.0. The van der Waals surface area contributed by atoms with Gasteiger partial charge in [0.25, 0.3) is 0 Å². The lowest BCUT2D eigenvalue weighted by Crippen LogP contribution is -2.19. The SMILES string of the molecule is CNC(Cc1ccc(F)c(Br)c1)c1ccccc1I. The van der Waals surface area contributed by atoms with Crippen LogP contribution in [0.1, 0.15) is 17.2 Å². The lowest BCUT2D eigenvalue weighted by molar-refractivity contribution is 0.585. The number of nitrogens with one attached hydrogen (secondary N) is 1. The average Bonchev–Trinajstić information content (AvgIpc) is 2.41. The molecule has 1 unspecified atom stereocenters. The summed E-state index contributed by atoms with van der Waals surface area (Å²) in [6, 6.07) is 13.7. The predicted molar refractivity (Wildman–Crippen MR) is 88.8 cm³/mol. The summed E-state index contributed by atoms with van der Waals surface area (Å²) in [6.07, 6.45) is 0.829. The molecule has 2 aromatic carbocycles. The van der Waals surface area contributed by atoms with Crippen LogP contribution in [0.5, 0.6) is 0 Å². The third kappa shape index (κ3) is 3.77. The molecule has 2 aromatic rings. The molecule has 0 amide bonds. The number of hydrogen-bond donors (Lipinski definition) is 1. The van der Waals surface area contributed by atoms with Gasteiger partial charge in [0.1, 0.15) is 5.82 Å². The highest BCUT2D eigenvalue weighted by atomic mass is 127. The molecule has 0 aliphatic carbocycles. The van der Waals surface area contributed by atoms with E-state index in [9.17, 15) is 4.39 Å². The first-order chi connectivity index (χ1) is 9.11. The van der Waals surface area contributed by atoms with Crippen LogP contribution in [0.4, 0.5) is 4.39 Å². The van der Waals surface area contributed by atoms with Crippen LogP contribution in [0.15, 0.2) is 46.9 Å². The molecule has 0 heterocycles. The van der Waals surface area contributed by atoms with E-state index in [4.69, 9.17) is 0 Å². The molecule has 1 N–H and O–H groups in total. The van der Waals surface area contributed by atoms with Crippen LogP contribution in [0, 0.1) is 9.39 Å². The van der Waals surface area contributed by atoms with Crippen LogP contribution in [0.25, 0.3) is 0 Å². The van der Waals surface area contributed by atoms with Crippen molar-refractivity contribution in [2.75, 3.05) is 7.05 Å². The molecular weight excluding hydrogens is 420 g/mol. The van der Waals surface area contributed by atoms with Crippen LogP contribution < -0.4 is 5.32 Å². The molecule has 0 spiro atoms. The third-order valence-corrected chi connectivity index (χ3v) is 4.64. The van der Waals surface area contributed by atoms with Gasteiger partial charge in [0.2, 0.25) is 0 Å². The van der Waals surface area contributed by atoms with E-state index in [1.807, 2.05) is 31.3 Å². The van der Waals surface area contributed by atoms with Crippen LogP contribution in [0.2, 0.25) is 0 Å². The molecule has 0 aromatic heterocycles. The van der Waals surface area contributed by atoms with E-state index in [1.54, 1.807) is 0 Å². The van der Waals surface area contributed by atoms with Gasteiger partial charge in [-0.2, -0.15) is 0 Å². The molecule has 0 bridgehead atoms. The van der Waals surface area contributed by atoms with E-state index in [0.29, 0.717) is 4.47 Å². The maximum Gasteiger partial charge on any atom is 0.137 e. The van der Waals surface area contributed by atoms with Crippen molar-refractivity contribution in [3.63, 3.8) is 0 Å². The van der Waals surface area contributed by atoms with Crippen molar-refractivity contribution in [2.45, 2.75) is 12.5 Å². The number of rotatable bonds is 4. The molecule has 1 atom stereocenters. The Balaban J connectivity index is 2.24. The lowest BCUT2D eigenvalue weighted by Gasteiger charge is -2.18. The molecule has 4 heteroatoms. The van der Waals surface area contributed by atoms with Crippen molar-refractivity contribution in [2.24, 2.45) is 0 Å². The normalized spacial score (nSPS) is 12.4. The van der Waals surface area contributed by atoms with Crippen LogP contribution in [-0.4, -0.2) is 7.05 Å². The lowest BCUT2D eigenvalue weighted by atomic mass is 9.99. The molecule has 0 saturated heterocycles. The van der Waals surface area contributed by atoms with Crippen LogP contribution in [0.3, 0.4) is 0 Å². The van der Waals surface area contributed by atoms with E-state index >= 15 is 0 Å². The second-order valence-electron chi connectivity index (χ2n) is 4.32. The maximum atomic E-state index is 13.2. The Morgan fingerprint density at radius 1 is 1.26 bits per heavy atom. The van der Waals surface area contributed by atoms with E-state index in [1.165, 1.54) is 15.2 Å². The van der Waals surface area contributed by atoms with E-state index < -0.39 is 0 Å². The van der Waals surface area contributed by atoms with Crippen molar-refractivity contribution in [1.82, 2.24) is 5.32 Å². The summed E-state index contributed by atoms with van der Waals surface area (Å²) in [4.78, 5) is 0. The largest absolute Gasteiger partial charge is 0.313 e. The molecule has 0 radical (unpaired) electrons. The minimum absolute atomic E-state index is 0.223. The minimum atomic E-state index is -0.223. The van der Waals surface area contributed by atoms with Gasteiger partial charge in [0.05, 0.1) is 4.47 Å². The molecule has 1 nitrogen and oxygen atoms in total. The summed E-state index contributed by atoms with van der Waals surface area (Å²) in [7, 11) is 1.95. The molecular formula is C15H14BrFIN. The van der Waals surface area contributed by atoms with Crippen LogP contribution in [-0.2, 0) is 6.42 Å². The second kappa shape index (κ2) is 6.81. The number of halogens is 3. The average molecular weight is 434 g/mol. The van der Waals surface area contributed by atoms with E-state index in [2.05, 4.69) is 56.0 Å². The molecule has 0 aliphatic rings. The van der Waals surface area contributed by atoms with Gasteiger partial charge in [0, 0.05) is 9.61 Å². The van der Waals surface area contributed by atoms with Gasteiger partial charge in [-0.1, -0.05) is 24.3 Å². The fraction of sp³-hybridized carbons (Fsp3) is 0.200. The smallest absolute Gasteiger partial charge is 0.137 e.